The van der Waals surface area contributed by atoms with E-state index in [2.05, 4.69) is 0 Å². The van der Waals surface area contributed by atoms with E-state index in [0.29, 0.717) is 0 Å². The zero-order valence-corrected chi connectivity index (χ0v) is 18.7. The first kappa shape index (κ1) is 21.8. The van der Waals surface area contributed by atoms with Crippen molar-refractivity contribution < 1.29 is 17.9 Å². The van der Waals surface area contributed by atoms with Gasteiger partial charge in [0.05, 0.1) is 24.0 Å². The van der Waals surface area contributed by atoms with E-state index >= 15 is 0 Å². The van der Waals surface area contributed by atoms with Gasteiger partial charge in [0.1, 0.15) is 5.75 Å². The molecule has 3 aromatic carbocycles. The molecule has 3 aromatic rings. The predicted molar refractivity (Wildman–Crippen MR) is 120 cm³/mol. The SMILES string of the molecule is COc1ccc2cc([C@H](C)C(=O)N(C)C(C)c3ccc(S(C)(=O)=O)cc3)ccc2c1. The van der Waals surface area contributed by atoms with Crippen LogP contribution in [0.1, 0.15) is 36.9 Å². The number of benzene rings is 3. The molecule has 158 valence electrons. The largest absolute Gasteiger partial charge is 0.497 e. The number of sulfone groups is 1. The van der Waals surface area contributed by atoms with Crippen LogP contribution in [0.25, 0.3) is 10.8 Å². The van der Waals surface area contributed by atoms with Crippen LogP contribution < -0.4 is 4.74 Å². The molecule has 0 aromatic heterocycles. The van der Waals surface area contributed by atoms with Gasteiger partial charge in [-0.05, 0) is 60.0 Å². The molecule has 0 aliphatic rings. The summed E-state index contributed by atoms with van der Waals surface area (Å²) in [6.45, 7) is 3.84. The van der Waals surface area contributed by atoms with E-state index in [-0.39, 0.29) is 22.8 Å². The van der Waals surface area contributed by atoms with Crippen LogP contribution in [0.5, 0.6) is 5.75 Å². The van der Waals surface area contributed by atoms with E-state index in [9.17, 15) is 13.2 Å². The zero-order valence-electron chi connectivity index (χ0n) is 17.9. The molecule has 30 heavy (non-hydrogen) atoms. The quantitative estimate of drug-likeness (QED) is 0.580. The maximum Gasteiger partial charge on any atom is 0.230 e. The van der Waals surface area contributed by atoms with Gasteiger partial charge in [-0.2, -0.15) is 0 Å². The summed E-state index contributed by atoms with van der Waals surface area (Å²) in [5, 5.41) is 2.12. The molecule has 0 saturated heterocycles. The van der Waals surface area contributed by atoms with Crippen molar-refractivity contribution in [3.05, 3.63) is 71.8 Å². The topological polar surface area (TPSA) is 63.7 Å². The van der Waals surface area contributed by atoms with Gasteiger partial charge in [0.15, 0.2) is 9.84 Å². The fourth-order valence-corrected chi connectivity index (χ4v) is 4.13. The third kappa shape index (κ3) is 4.49. The second-order valence-corrected chi connectivity index (χ2v) is 9.68. The highest BCUT2D eigenvalue weighted by molar-refractivity contribution is 7.90. The molecule has 0 heterocycles. The van der Waals surface area contributed by atoms with Crippen molar-refractivity contribution in [2.75, 3.05) is 20.4 Å². The number of rotatable bonds is 6. The Bertz CT molecular complexity index is 1170. The van der Waals surface area contributed by atoms with Gasteiger partial charge in [-0.15, -0.1) is 0 Å². The number of hydrogen-bond donors (Lipinski definition) is 0. The predicted octanol–water partition coefficient (Wildman–Crippen LogP) is 4.58. The van der Waals surface area contributed by atoms with E-state index in [1.165, 1.54) is 6.26 Å². The highest BCUT2D eigenvalue weighted by Gasteiger charge is 2.24. The molecule has 0 spiro atoms. The molecule has 0 aliphatic heterocycles. The summed E-state index contributed by atoms with van der Waals surface area (Å²) in [7, 11) is 0.176. The Kier molecular flexibility index (Phi) is 6.17. The maximum atomic E-state index is 13.1. The van der Waals surface area contributed by atoms with Crippen molar-refractivity contribution in [2.24, 2.45) is 0 Å². The number of nitrogens with zero attached hydrogens (tertiary/aromatic N) is 1. The average molecular weight is 426 g/mol. The van der Waals surface area contributed by atoms with Gasteiger partial charge < -0.3 is 9.64 Å². The molecule has 0 bridgehead atoms. The standard InChI is InChI=1S/C24H27NO4S/c1-16(19-6-7-21-15-22(29-4)11-8-20(21)14-19)24(26)25(3)17(2)18-9-12-23(13-10-18)30(5,27)28/h6-17H,1-5H3/t16-,17?/m0/s1. The van der Waals surface area contributed by atoms with E-state index < -0.39 is 9.84 Å². The van der Waals surface area contributed by atoms with Crippen LogP contribution in [0.3, 0.4) is 0 Å². The van der Waals surface area contributed by atoms with Crippen LogP contribution >= 0.6 is 0 Å². The first-order valence-electron chi connectivity index (χ1n) is 9.76. The van der Waals surface area contributed by atoms with Crippen molar-refractivity contribution in [3.8, 4) is 5.75 Å². The van der Waals surface area contributed by atoms with Crippen LogP contribution in [0, 0.1) is 0 Å². The van der Waals surface area contributed by atoms with Gasteiger partial charge in [-0.1, -0.05) is 36.4 Å². The first-order chi connectivity index (χ1) is 14.1. The van der Waals surface area contributed by atoms with Crippen molar-refractivity contribution >= 4 is 26.5 Å². The number of carbonyl (C=O) groups excluding carboxylic acids is 1. The normalized spacial score (nSPS) is 13.6. The van der Waals surface area contributed by atoms with Gasteiger partial charge in [-0.3, -0.25) is 4.79 Å². The monoisotopic (exact) mass is 425 g/mol. The number of hydrogen-bond acceptors (Lipinski definition) is 4. The lowest BCUT2D eigenvalue weighted by atomic mass is 9.95. The third-order valence-corrected chi connectivity index (χ3v) is 6.79. The molecule has 0 saturated carbocycles. The third-order valence-electron chi connectivity index (χ3n) is 5.66. The van der Waals surface area contributed by atoms with Crippen LogP contribution in [0.4, 0.5) is 0 Å². The smallest absolute Gasteiger partial charge is 0.230 e. The molecular weight excluding hydrogens is 398 g/mol. The van der Waals surface area contributed by atoms with Gasteiger partial charge in [0.2, 0.25) is 5.91 Å². The van der Waals surface area contributed by atoms with E-state index in [1.54, 1.807) is 43.3 Å². The summed E-state index contributed by atoms with van der Waals surface area (Å²) in [6, 6.07) is 18.4. The van der Waals surface area contributed by atoms with Crippen molar-refractivity contribution in [1.29, 1.82) is 0 Å². The van der Waals surface area contributed by atoms with Crippen molar-refractivity contribution in [2.45, 2.75) is 30.7 Å². The molecule has 1 amide bonds. The lowest BCUT2D eigenvalue weighted by Gasteiger charge is -2.28. The summed E-state index contributed by atoms with van der Waals surface area (Å²) in [5.74, 6) is 0.497. The molecular formula is C24H27NO4S. The number of fused-ring (bicyclic) bond motifs is 1. The van der Waals surface area contributed by atoms with E-state index in [4.69, 9.17) is 4.74 Å². The lowest BCUT2D eigenvalue weighted by Crippen LogP contribution is -2.33. The van der Waals surface area contributed by atoms with Crippen molar-refractivity contribution in [1.82, 2.24) is 4.90 Å². The fourth-order valence-electron chi connectivity index (χ4n) is 3.49. The molecule has 3 rings (SSSR count). The minimum atomic E-state index is -3.24. The molecule has 2 atom stereocenters. The Labute approximate surface area is 178 Å². The number of carbonyl (C=O) groups is 1. The Hall–Kier alpha value is -2.86. The van der Waals surface area contributed by atoms with Crippen LogP contribution in [-0.4, -0.2) is 39.6 Å². The Morgan fingerprint density at radius 2 is 1.47 bits per heavy atom. The Morgan fingerprint density at radius 3 is 2.07 bits per heavy atom. The Balaban J connectivity index is 1.80. The average Bonchev–Trinajstić information content (AvgIpc) is 2.75. The number of amides is 1. The van der Waals surface area contributed by atoms with Gasteiger partial charge in [-0.25, -0.2) is 8.42 Å². The molecule has 0 N–H and O–H groups in total. The summed E-state index contributed by atoms with van der Waals surface area (Å²) in [4.78, 5) is 15.1. The summed E-state index contributed by atoms with van der Waals surface area (Å²) in [5.41, 5.74) is 1.83. The highest BCUT2D eigenvalue weighted by Crippen LogP contribution is 2.28. The van der Waals surface area contributed by atoms with E-state index in [1.807, 2.05) is 50.2 Å². The minimum Gasteiger partial charge on any atom is -0.497 e. The summed E-state index contributed by atoms with van der Waals surface area (Å²) >= 11 is 0. The van der Waals surface area contributed by atoms with Gasteiger partial charge in [0, 0.05) is 13.3 Å². The van der Waals surface area contributed by atoms with Crippen LogP contribution in [0.15, 0.2) is 65.6 Å². The second kappa shape index (κ2) is 8.48. The summed E-state index contributed by atoms with van der Waals surface area (Å²) < 4.78 is 28.6. The molecule has 0 radical (unpaired) electrons. The zero-order chi connectivity index (χ0) is 22.1. The van der Waals surface area contributed by atoms with Crippen LogP contribution in [-0.2, 0) is 14.6 Å². The van der Waals surface area contributed by atoms with Crippen molar-refractivity contribution in [3.63, 3.8) is 0 Å². The lowest BCUT2D eigenvalue weighted by molar-refractivity contribution is -0.133. The fraction of sp³-hybridized carbons (Fsp3) is 0.292. The number of ether oxygens (including phenoxy) is 1. The first-order valence-corrected chi connectivity index (χ1v) is 11.7. The van der Waals surface area contributed by atoms with Crippen LogP contribution in [0.2, 0.25) is 0 Å². The highest BCUT2D eigenvalue weighted by atomic mass is 32.2. The van der Waals surface area contributed by atoms with E-state index in [0.717, 1.165) is 27.6 Å². The maximum absolute atomic E-state index is 13.1. The number of methoxy groups -OCH3 is 1. The molecule has 6 heteroatoms. The second-order valence-electron chi connectivity index (χ2n) is 7.66. The molecule has 0 fully saturated rings. The molecule has 5 nitrogen and oxygen atoms in total. The molecule has 1 unspecified atom stereocenters. The summed E-state index contributed by atoms with van der Waals surface area (Å²) in [6.07, 6.45) is 1.18. The van der Waals surface area contributed by atoms with Gasteiger partial charge in [0.25, 0.3) is 0 Å². The minimum absolute atomic E-state index is 0.00236. The van der Waals surface area contributed by atoms with Gasteiger partial charge >= 0.3 is 0 Å². The Morgan fingerprint density at radius 1 is 0.900 bits per heavy atom. The molecule has 0 aliphatic carbocycles. The number of likely N-dealkylation sites (N-methyl/N-ethyl adjacent to an activating group) is 1.